The summed E-state index contributed by atoms with van der Waals surface area (Å²) in [5, 5.41) is 12.2. The number of nitrogens with zero attached hydrogens (tertiary/aromatic N) is 1. The average Bonchev–Trinajstić information content (AvgIpc) is 2.82. The second kappa shape index (κ2) is 3.49. The highest BCUT2D eigenvalue weighted by molar-refractivity contribution is 7.12. The van der Waals surface area contributed by atoms with E-state index in [-0.39, 0.29) is 0 Å². The summed E-state index contributed by atoms with van der Waals surface area (Å²) in [6, 6.07) is 7.23. The summed E-state index contributed by atoms with van der Waals surface area (Å²) >= 11 is 1.59. The monoisotopic (exact) mass is 192 g/mol. The Kier molecular flexibility index (Phi) is 2.34. The van der Waals surface area contributed by atoms with E-state index in [0.717, 1.165) is 10.9 Å². The lowest BCUT2D eigenvalue weighted by molar-refractivity contribution is 0.579. The highest BCUT2D eigenvalue weighted by Crippen LogP contribution is 2.27. The second-order valence-electron chi connectivity index (χ2n) is 3.48. The highest BCUT2D eigenvalue weighted by atomic mass is 32.1. The molecule has 1 atom stereocenters. The lowest BCUT2D eigenvalue weighted by Crippen LogP contribution is -2.19. The first-order valence-electron chi connectivity index (χ1n) is 4.55. The van der Waals surface area contributed by atoms with Crippen molar-refractivity contribution in [1.29, 1.82) is 5.26 Å². The maximum Gasteiger partial charge on any atom is 0.110 e. The van der Waals surface area contributed by atoms with E-state index in [1.54, 1.807) is 11.3 Å². The topological polar surface area (TPSA) is 35.8 Å². The zero-order chi connectivity index (χ0) is 9.26. The normalized spacial score (nSPS) is 18.2. The van der Waals surface area contributed by atoms with Gasteiger partial charge in [0.25, 0.3) is 0 Å². The minimum Gasteiger partial charge on any atom is -0.307 e. The molecule has 0 aromatic carbocycles. The van der Waals surface area contributed by atoms with Crippen LogP contribution in [-0.4, -0.2) is 6.04 Å². The van der Waals surface area contributed by atoms with Crippen molar-refractivity contribution in [1.82, 2.24) is 5.32 Å². The summed E-state index contributed by atoms with van der Waals surface area (Å²) in [5.74, 6) is 0. The van der Waals surface area contributed by atoms with E-state index < -0.39 is 0 Å². The first-order valence-corrected chi connectivity index (χ1v) is 5.37. The lowest BCUT2D eigenvalue weighted by Gasteiger charge is -2.09. The zero-order valence-electron chi connectivity index (χ0n) is 7.58. The maximum atomic E-state index is 8.67. The molecule has 1 aliphatic rings. The van der Waals surface area contributed by atoms with E-state index in [0.29, 0.717) is 6.04 Å². The van der Waals surface area contributed by atoms with Crippen LogP contribution in [0.15, 0.2) is 12.1 Å². The zero-order valence-corrected chi connectivity index (χ0v) is 8.40. The number of hydrogen-bond donors (Lipinski definition) is 1. The number of nitrogens with one attached hydrogen (secondary N) is 1. The Hall–Kier alpha value is -0.850. The van der Waals surface area contributed by atoms with Crippen LogP contribution in [0.5, 0.6) is 0 Å². The van der Waals surface area contributed by atoms with Gasteiger partial charge in [-0.2, -0.15) is 5.26 Å². The van der Waals surface area contributed by atoms with E-state index in [4.69, 9.17) is 5.26 Å². The van der Waals surface area contributed by atoms with E-state index in [1.807, 2.05) is 12.1 Å². The fraction of sp³-hybridized carbons (Fsp3) is 0.500. The van der Waals surface area contributed by atoms with Crippen molar-refractivity contribution in [3.63, 3.8) is 0 Å². The molecule has 13 heavy (non-hydrogen) atoms. The predicted octanol–water partition coefficient (Wildman–Crippen LogP) is 2.43. The Balaban J connectivity index is 2.01. The van der Waals surface area contributed by atoms with Crippen LogP contribution in [0.3, 0.4) is 0 Å². The van der Waals surface area contributed by atoms with E-state index in [2.05, 4.69) is 18.3 Å². The van der Waals surface area contributed by atoms with Crippen molar-refractivity contribution in [2.45, 2.75) is 31.8 Å². The van der Waals surface area contributed by atoms with Crippen LogP contribution < -0.4 is 5.32 Å². The average molecular weight is 192 g/mol. The minimum absolute atomic E-state index is 0.402. The van der Waals surface area contributed by atoms with Gasteiger partial charge in [0.15, 0.2) is 0 Å². The SMILES string of the molecule is CC(NC1CC1)c1ccc(C#N)s1. The molecular weight excluding hydrogens is 180 g/mol. The van der Waals surface area contributed by atoms with E-state index in [9.17, 15) is 0 Å². The lowest BCUT2D eigenvalue weighted by atomic mass is 10.2. The van der Waals surface area contributed by atoms with Gasteiger partial charge in [0.05, 0.1) is 0 Å². The van der Waals surface area contributed by atoms with Gasteiger partial charge in [0, 0.05) is 17.0 Å². The van der Waals surface area contributed by atoms with E-state index >= 15 is 0 Å². The molecule has 0 bridgehead atoms. The standard InChI is InChI=1S/C10H12N2S/c1-7(12-8-2-3-8)10-5-4-9(6-11)13-10/h4-5,7-8,12H,2-3H2,1H3. The molecule has 0 aliphatic heterocycles. The van der Waals surface area contributed by atoms with Gasteiger partial charge in [0.2, 0.25) is 0 Å². The van der Waals surface area contributed by atoms with Crippen molar-refractivity contribution in [2.75, 3.05) is 0 Å². The van der Waals surface area contributed by atoms with Gasteiger partial charge in [-0.1, -0.05) is 0 Å². The fourth-order valence-corrected chi connectivity index (χ4v) is 2.15. The summed E-state index contributed by atoms with van der Waals surface area (Å²) in [7, 11) is 0. The summed E-state index contributed by atoms with van der Waals surface area (Å²) in [5.41, 5.74) is 0. The first kappa shape index (κ1) is 8.74. The van der Waals surface area contributed by atoms with E-state index in [1.165, 1.54) is 17.7 Å². The number of thiophene rings is 1. The number of nitriles is 1. The van der Waals surface area contributed by atoms with Gasteiger partial charge in [-0.15, -0.1) is 11.3 Å². The fourth-order valence-electron chi connectivity index (χ4n) is 1.33. The minimum atomic E-state index is 0.402. The van der Waals surface area contributed by atoms with Gasteiger partial charge < -0.3 is 5.32 Å². The molecule has 1 fully saturated rings. The molecule has 0 saturated heterocycles. The first-order chi connectivity index (χ1) is 6.29. The van der Waals surface area contributed by atoms with Crippen molar-refractivity contribution in [3.05, 3.63) is 21.9 Å². The molecule has 1 saturated carbocycles. The van der Waals surface area contributed by atoms with Crippen molar-refractivity contribution >= 4 is 11.3 Å². The molecule has 2 rings (SSSR count). The van der Waals surface area contributed by atoms with Gasteiger partial charge in [-0.3, -0.25) is 0 Å². The van der Waals surface area contributed by atoms with Crippen molar-refractivity contribution in [3.8, 4) is 6.07 Å². The van der Waals surface area contributed by atoms with Crippen LogP contribution in [-0.2, 0) is 0 Å². The van der Waals surface area contributed by atoms with Crippen LogP contribution in [0.25, 0.3) is 0 Å². The molecule has 1 aliphatic carbocycles. The molecular formula is C10H12N2S. The second-order valence-corrected chi connectivity index (χ2v) is 4.59. The quantitative estimate of drug-likeness (QED) is 0.798. The third-order valence-electron chi connectivity index (χ3n) is 2.23. The molecule has 0 radical (unpaired) electrons. The number of hydrogen-bond acceptors (Lipinski definition) is 3. The van der Waals surface area contributed by atoms with Gasteiger partial charge in [0.1, 0.15) is 10.9 Å². The largest absolute Gasteiger partial charge is 0.307 e. The molecule has 1 N–H and O–H groups in total. The summed E-state index contributed by atoms with van der Waals surface area (Å²) in [6.07, 6.45) is 2.61. The van der Waals surface area contributed by atoms with Gasteiger partial charge >= 0.3 is 0 Å². The van der Waals surface area contributed by atoms with Gasteiger partial charge in [-0.25, -0.2) is 0 Å². The molecule has 0 amide bonds. The number of rotatable bonds is 3. The molecule has 1 heterocycles. The predicted molar refractivity (Wildman–Crippen MR) is 53.6 cm³/mol. The van der Waals surface area contributed by atoms with Crippen molar-refractivity contribution < 1.29 is 0 Å². The molecule has 1 unspecified atom stereocenters. The van der Waals surface area contributed by atoms with Crippen molar-refractivity contribution in [2.24, 2.45) is 0 Å². The molecule has 1 aromatic rings. The van der Waals surface area contributed by atoms with Crippen LogP contribution in [0.1, 0.15) is 35.6 Å². The van der Waals surface area contributed by atoms with Crippen LogP contribution in [0, 0.1) is 11.3 Å². The molecule has 0 spiro atoms. The summed E-state index contributed by atoms with van der Waals surface area (Å²) < 4.78 is 0. The Morgan fingerprint density at radius 3 is 2.92 bits per heavy atom. The highest BCUT2D eigenvalue weighted by Gasteiger charge is 2.23. The summed E-state index contributed by atoms with van der Waals surface area (Å²) in [6.45, 7) is 2.16. The summed E-state index contributed by atoms with van der Waals surface area (Å²) in [4.78, 5) is 2.07. The van der Waals surface area contributed by atoms with Crippen LogP contribution in [0.4, 0.5) is 0 Å². The Labute approximate surface area is 82.2 Å². The molecule has 2 nitrogen and oxygen atoms in total. The third-order valence-corrected chi connectivity index (χ3v) is 3.40. The van der Waals surface area contributed by atoms with Gasteiger partial charge in [-0.05, 0) is 31.9 Å². The smallest absolute Gasteiger partial charge is 0.110 e. The Morgan fingerprint density at radius 2 is 2.38 bits per heavy atom. The Bertz CT molecular complexity index is 333. The maximum absolute atomic E-state index is 8.67. The third kappa shape index (κ3) is 2.09. The molecule has 3 heteroatoms. The van der Waals surface area contributed by atoms with Crippen LogP contribution in [0.2, 0.25) is 0 Å². The molecule has 68 valence electrons. The van der Waals surface area contributed by atoms with Crippen LogP contribution >= 0.6 is 11.3 Å². The molecule has 1 aromatic heterocycles. The Morgan fingerprint density at radius 1 is 1.62 bits per heavy atom.